The number of ether oxygens (including phenoxy) is 1. The number of nitrogens with two attached hydrogens (primary N) is 1. The topological polar surface area (TPSA) is 72.0 Å². The fourth-order valence-corrected chi connectivity index (χ4v) is 3.69. The van der Waals surface area contributed by atoms with Gasteiger partial charge in [-0.2, -0.15) is 0 Å². The first kappa shape index (κ1) is 13.8. The van der Waals surface area contributed by atoms with Gasteiger partial charge in [-0.25, -0.2) is 4.98 Å². The van der Waals surface area contributed by atoms with Gasteiger partial charge in [-0.3, -0.25) is 5.41 Å². The molecule has 3 rings (SSSR count). The second-order valence-electron chi connectivity index (χ2n) is 4.33. The van der Waals surface area contributed by atoms with Crippen molar-refractivity contribution in [3.8, 4) is 26.9 Å². The number of amidine groups is 1. The maximum atomic E-state index is 7.54. The highest BCUT2D eigenvalue weighted by Crippen LogP contribution is 2.40. The lowest BCUT2D eigenvalue weighted by Crippen LogP contribution is -2.08. The van der Waals surface area contributed by atoms with Crippen LogP contribution in [0.5, 0.6) is 5.06 Å². The summed E-state index contributed by atoms with van der Waals surface area (Å²) in [6.45, 7) is 0. The molecule has 0 radical (unpaired) electrons. The van der Waals surface area contributed by atoms with E-state index in [0.29, 0.717) is 4.88 Å². The van der Waals surface area contributed by atoms with Gasteiger partial charge in [-0.1, -0.05) is 41.7 Å². The van der Waals surface area contributed by atoms with Crippen molar-refractivity contribution in [3.63, 3.8) is 0 Å². The third-order valence-corrected chi connectivity index (χ3v) is 4.96. The minimum absolute atomic E-state index is 0.0457. The van der Waals surface area contributed by atoms with Gasteiger partial charge in [-0.05, 0) is 6.07 Å². The summed E-state index contributed by atoms with van der Waals surface area (Å²) in [6.07, 6.45) is 0. The van der Waals surface area contributed by atoms with Crippen molar-refractivity contribution in [1.29, 1.82) is 5.41 Å². The van der Waals surface area contributed by atoms with E-state index in [1.54, 1.807) is 18.4 Å². The number of nitrogens with one attached hydrogen (secondary N) is 1. The van der Waals surface area contributed by atoms with Crippen LogP contribution in [0, 0.1) is 5.41 Å². The number of rotatable bonds is 4. The normalized spacial score (nSPS) is 10.5. The highest BCUT2D eigenvalue weighted by Gasteiger charge is 2.16. The molecule has 3 aromatic rings. The molecule has 0 aliphatic carbocycles. The van der Waals surface area contributed by atoms with E-state index in [9.17, 15) is 0 Å². The molecule has 106 valence electrons. The monoisotopic (exact) mass is 315 g/mol. The predicted molar refractivity (Wildman–Crippen MR) is 88.4 cm³/mol. The lowest BCUT2D eigenvalue weighted by atomic mass is 10.2. The summed E-state index contributed by atoms with van der Waals surface area (Å²) in [5.74, 6) is 0.0457. The molecule has 0 atom stereocenters. The van der Waals surface area contributed by atoms with Gasteiger partial charge in [-0.15, -0.1) is 11.3 Å². The van der Waals surface area contributed by atoms with Crippen molar-refractivity contribution in [2.75, 3.05) is 7.11 Å². The number of methoxy groups -OCH3 is 1. The molecule has 2 aromatic heterocycles. The Labute approximate surface area is 130 Å². The summed E-state index contributed by atoms with van der Waals surface area (Å²) in [6, 6.07) is 11.9. The van der Waals surface area contributed by atoms with Crippen molar-refractivity contribution in [2.24, 2.45) is 5.73 Å². The van der Waals surface area contributed by atoms with Crippen LogP contribution in [0.2, 0.25) is 0 Å². The average Bonchev–Trinajstić information content (AvgIpc) is 3.14. The minimum atomic E-state index is 0.0457. The Balaban J connectivity index is 2.02. The van der Waals surface area contributed by atoms with E-state index >= 15 is 0 Å². The Morgan fingerprint density at radius 2 is 2.05 bits per heavy atom. The zero-order valence-electron chi connectivity index (χ0n) is 11.3. The SMILES string of the molecule is COc1sc(C(=N)N)cc1-c1nc(-c2ccccc2)cs1. The predicted octanol–water partition coefficient (Wildman–Crippen LogP) is 3.83. The Morgan fingerprint density at radius 1 is 1.29 bits per heavy atom. The summed E-state index contributed by atoms with van der Waals surface area (Å²) in [5.41, 5.74) is 8.46. The van der Waals surface area contributed by atoms with Crippen molar-refractivity contribution in [2.45, 2.75) is 0 Å². The Hall–Kier alpha value is -2.18. The van der Waals surface area contributed by atoms with Gasteiger partial charge < -0.3 is 10.5 Å². The van der Waals surface area contributed by atoms with E-state index < -0.39 is 0 Å². The van der Waals surface area contributed by atoms with Gasteiger partial charge in [0.1, 0.15) is 10.8 Å². The van der Waals surface area contributed by atoms with Crippen LogP contribution in [-0.4, -0.2) is 17.9 Å². The molecule has 0 saturated heterocycles. The van der Waals surface area contributed by atoms with Gasteiger partial charge >= 0.3 is 0 Å². The van der Waals surface area contributed by atoms with Crippen molar-refractivity contribution in [3.05, 3.63) is 46.7 Å². The highest BCUT2D eigenvalue weighted by molar-refractivity contribution is 7.17. The number of thiazole rings is 1. The van der Waals surface area contributed by atoms with Gasteiger partial charge in [0, 0.05) is 10.9 Å². The molecule has 6 heteroatoms. The number of nitrogen functional groups attached to an aromatic ring is 1. The average molecular weight is 315 g/mol. The lowest BCUT2D eigenvalue weighted by Gasteiger charge is -1.98. The highest BCUT2D eigenvalue weighted by atomic mass is 32.1. The number of benzene rings is 1. The zero-order chi connectivity index (χ0) is 14.8. The van der Waals surface area contributed by atoms with Crippen LogP contribution >= 0.6 is 22.7 Å². The van der Waals surface area contributed by atoms with Crippen molar-refractivity contribution < 1.29 is 4.74 Å². The number of hydrogen-bond donors (Lipinski definition) is 2. The fraction of sp³-hybridized carbons (Fsp3) is 0.0667. The van der Waals surface area contributed by atoms with E-state index in [2.05, 4.69) is 4.98 Å². The molecule has 21 heavy (non-hydrogen) atoms. The Morgan fingerprint density at radius 3 is 2.71 bits per heavy atom. The molecule has 1 aromatic carbocycles. The number of nitrogens with zero attached hydrogens (tertiary/aromatic N) is 1. The van der Waals surface area contributed by atoms with E-state index in [4.69, 9.17) is 15.9 Å². The van der Waals surface area contributed by atoms with Crippen molar-refractivity contribution >= 4 is 28.5 Å². The number of aromatic nitrogens is 1. The standard InChI is InChI=1S/C15H13N3OS2/c1-19-15-10(7-12(21-15)13(16)17)14-18-11(8-20-14)9-5-3-2-4-6-9/h2-8H,1H3,(H3,16,17). The first-order chi connectivity index (χ1) is 10.2. The van der Waals surface area contributed by atoms with E-state index in [-0.39, 0.29) is 5.84 Å². The number of thiophene rings is 1. The molecule has 0 aliphatic rings. The van der Waals surface area contributed by atoms with E-state index in [1.807, 2.05) is 41.8 Å². The van der Waals surface area contributed by atoms with Crippen LogP contribution < -0.4 is 10.5 Å². The second-order valence-corrected chi connectivity index (χ2v) is 6.21. The van der Waals surface area contributed by atoms with Crippen LogP contribution in [0.25, 0.3) is 21.8 Å². The minimum Gasteiger partial charge on any atom is -0.487 e. The van der Waals surface area contributed by atoms with Crippen LogP contribution in [0.15, 0.2) is 41.8 Å². The number of hydrogen-bond acceptors (Lipinski definition) is 5. The van der Waals surface area contributed by atoms with Gasteiger partial charge in [0.05, 0.1) is 23.2 Å². The Bertz CT molecular complexity index is 777. The molecule has 0 unspecified atom stereocenters. The molecule has 4 nitrogen and oxygen atoms in total. The van der Waals surface area contributed by atoms with Crippen LogP contribution in [0.3, 0.4) is 0 Å². The van der Waals surface area contributed by atoms with E-state index in [0.717, 1.165) is 26.9 Å². The van der Waals surface area contributed by atoms with Gasteiger partial charge in [0.25, 0.3) is 0 Å². The molecule has 0 bridgehead atoms. The summed E-state index contributed by atoms with van der Waals surface area (Å²) >= 11 is 2.92. The van der Waals surface area contributed by atoms with Gasteiger partial charge in [0.15, 0.2) is 5.06 Å². The summed E-state index contributed by atoms with van der Waals surface area (Å²) in [5, 5.41) is 11.2. The van der Waals surface area contributed by atoms with E-state index in [1.165, 1.54) is 11.3 Å². The lowest BCUT2D eigenvalue weighted by molar-refractivity contribution is 0.428. The van der Waals surface area contributed by atoms with Crippen molar-refractivity contribution in [1.82, 2.24) is 4.98 Å². The molecule has 0 saturated carbocycles. The maximum absolute atomic E-state index is 7.54. The van der Waals surface area contributed by atoms with Crippen LogP contribution in [0.4, 0.5) is 0 Å². The van der Waals surface area contributed by atoms with Gasteiger partial charge in [0.2, 0.25) is 0 Å². The molecule has 0 aliphatic heterocycles. The molecule has 0 amide bonds. The second kappa shape index (κ2) is 5.67. The first-order valence-corrected chi connectivity index (χ1v) is 7.92. The molecule has 2 heterocycles. The molecular weight excluding hydrogens is 302 g/mol. The molecule has 0 fully saturated rings. The first-order valence-electron chi connectivity index (χ1n) is 6.22. The van der Waals surface area contributed by atoms with Crippen LogP contribution in [0.1, 0.15) is 4.88 Å². The third-order valence-electron chi connectivity index (χ3n) is 2.95. The maximum Gasteiger partial charge on any atom is 0.184 e. The Kier molecular flexibility index (Phi) is 3.72. The molecule has 0 spiro atoms. The summed E-state index contributed by atoms with van der Waals surface area (Å²) < 4.78 is 5.38. The third kappa shape index (κ3) is 2.68. The summed E-state index contributed by atoms with van der Waals surface area (Å²) in [4.78, 5) is 5.36. The fourth-order valence-electron chi connectivity index (χ4n) is 1.95. The summed E-state index contributed by atoms with van der Waals surface area (Å²) in [7, 11) is 1.62. The van der Waals surface area contributed by atoms with Crippen LogP contribution in [-0.2, 0) is 0 Å². The molecule has 3 N–H and O–H groups in total. The zero-order valence-corrected chi connectivity index (χ0v) is 12.9. The quantitative estimate of drug-likeness (QED) is 0.567. The molecular formula is C15H13N3OS2. The smallest absolute Gasteiger partial charge is 0.184 e. The largest absolute Gasteiger partial charge is 0.487 e.